The van der Waals surface area contributed by atoms with Crippen molar-refractivity contribution in [2.75, 3.05) is 33.2 Å². The van der Waals surface area contributed by atoms with Crippen LogP contribution in [0.2, 0.25) is 0 Å². The Balaban J connectivity index is 2.63. The van der Waals surface area contributed by atoms with Gasteiger partial charge in [0.05, 0.1) is 12.6 Å². The average molecular weight is 638 g/mol. The van der Waals surface area contributed by atoms with Crippen molar-refractivity contribution in [3.63, 3.8) is 0 Å². The number of aliphatic hydroxyl groups excluding tert-OH is 1. The Bertz CT molecular complexity index is 948. The number of likely N-dealkylation sites (tertiary alicyclic amines) is 1. The van der Waals surface area contributed by atoms with Gasteiger partial charge in [-0.05, 0) is 50.4 Å². The lowest BCUT2D eigenvalue weighted by atomic mass is 9.87. The first-order valence-corrected chi connectivity index (χ1v) is 17.8. The molecule has 0 saturated carbocycles. The summed E-state index contributed by atoms with van der Waals surface area (Å²) in [6.45, 7) is 17.7. The summed E-state index contributed by atoms with van der Waals surface area (Å²) < 4.78 is 14.9. The summed E-state index contributed by atoms with van der Waals surface area (Å²) in [6.07, 6.45) is 17.4. The molecule has 9 nitrogen and oxygen atoms in total. The molecule has 254 valence electrons. The molecule has 1 aliphatic rings. The number of rotatable bonds is 21. The first kappa shape index (κ1) is 40.0. The van der Waals surface area contributed by atoms with Gasteiger partial charge in [0.15, 0.2) is 0 Å². The van der Waals surface area contributed by atoms with Crippen LogP contribution in [0, 0.1) is 11.3 Å². The third-order valence-electron chi connectivity index (χ3n) is 8.25. The number of allylic oxidation sites excluding steroid dienone is 4. The van der Waals surface area contributed by atoms with Crippen LogP contribution in [0.5, 0.6) is 0 Å². The van der Waals surface area contributed by atoms with Crippen molar-refractivity contribution in [2.24, 2.45) is 11.3 Å². The van der Waals surface area contributed by atoms with Gasteiger partial charge in [-0.3, -0.25) is 10.1 Å². The molecule has 0 radical (unpaired) electrons. The van der Waals surface area contributed by atoms with E-state index in [2.05, 4.69) is 42.5 Å². The predicted molar refractivity (Wildman–Crippen MR) is 184 cm³/mol. The van der Waals surface area contributed by atoms with Gasteiger partial charge in [0, 0.05) is 37.6 Å². The second-order valence-electron chi connectivity index (χ2n) is 13.2. The fourth-order valence-electron chi connectivity index (χ4n) is 5.31. The number of nitrogens with zero attached hydrogens (tertiary/aromatic N) is 2. The second-order valence-corrected chi connectivity index (χ2v) is 14.8. The number of urea groups is 1. The Morgan fingerprint density at radius 3 is 2.52 bits per heavy atom. The maximum absolute atomic E-state index is 13.2. The van der Waals surface area contributed by atoms with E-state index in [9.17, 15) is 18.9 Å². The highest BCUT2D eigenvalue weighted by Gasteiger charge is 2.34. The van der Waals surface area contributed by atoms with Gasteiger partial charge < -0.3 is 20.6 Å². The van der Waals surface area contributed by atoms with Crippen molar-refractivity contribution in [3.05, 3.63) is 35.8 Å². The van der Waals surface area contributed by atoms with Crippen molar-refractivity contribution >= 4 is 22.9 Å². The van der Waals surface area contributed by atoms with Gasteiger partial charge in [-0.1, -0.05) is 97.6 Å². The molecule has 0 aromatic carbocycles. The molecule has 10 heteroatoms. The van der Waals surface area contributed by atoms with E-state index < -0.39 is 23.2 Å². The number of carbonyl (C=O) groups is 2. The normalized spacial score (nSPS) is 18.8. The van der Waals surface area contributed by atoms with Crippen LogP contribution >= 0.6 is 0 Å². The van der Waals surface area contributed by atoms with E-state index in [1.807, 2.05) is 39.8 Å². The van der Waals surface area contributed by atoms with Crippen molar-refractivity contribution in [1.82, 2.24) is 25.2 Å². The lowest BCUT2D eigenvalue weighted by Gasteiger charge is -2.34. The van der Waals surface area contributed by atoms with E-state index in [0.29, 0.717) is 30.5 Å². The summed E-state index contributed by atoms with van der Waals surface area (Å²) in [5.41, 5.74) is -0.327. The summed E-state index contributed by atoms with van der Waals surface area (Å²) >= 11 is 0. The van der Waals surface area contributed by atoms with Gasteiger partial charge in [-0.25, -0.2) is 13.3 Å². The van der Waals surface area contributed by atoms with Crippen LogP contribution in [-0.4, -0.2) is 82.0 Å². The van der Waals surface area contributed by atoms with E-state index in [4.69, 9.17) is 0 Å². The van der Waals surface area contributed by atoms with E-state index >= 15 is 0 Å². The summed E-state index contributed by atoms with van der Waals surface area (Å²) in [5, 5.41) is 19.8. The highest BCUT2D eigenvalue weighted by atomic mass is 32.2. The topological polar surface area (TPSA) is 114 Å². The molecule has 4 N–H and O–H groups in total. The minimum atomic E-state index is -1.42. The molecular formula is C34H63N5O4S. The molecule has 1 rings (SSSR count). The van der Waals surface area contributed by atoms with E-state index in [1.54, 1.807) is 22.3 Å². The predicted octanol–water partition coefficient (Wildman–Crippen LogP) is 5.62. The van der Waals surface area contributed by atoms with E-state index in [-0.39, 0.29) is 30.0 Å². The molecule has 5 atom stereocenters. The Kier molecular flexibility index (Phi) is 19.7. The monoisotopic (exact) mass is 637 g/mol. The maximum atomic E-state index is 13.2. The molecular weight excluding hydrogens is 574 g/mol. The third kappa shape index (κ3) is 15.3. The zero-order valence-electron chi connectivity index (χ0n) is 28.7. The molecule has 0 aliphatic carbocycles. The fourth-order valence-corrected chi connectivity index (χ4v) is 6.36. The summed E-state index contributed by atoms with van der Waals surface area (Å²) in [5.74, 6) is 0.244. The van der Waals surface area contributed by atoms with Crippen molar-refractivity contribution < 1.29 is 18.9 Å². The minimum absolute atomic E-state index is 0.155. The molecule has 44 heavy (non-hydrogen) atoms. The minimum Gasteiger partial charge on any atom is -0.376 e. The average Bonchev–Trinajstić information content (AvgIpc) is 3.48. The molecule has 1 heterocycles. The van der Waals surface area contributed by atoms with Gasteiger partial charge in [-0.15, -0.1) is 0 Å². The van der Waals surface area contributed by atoms with Crippen LogP contribution in [0.25, 0.3) is 0 Å². The number of unbranched alkanes of at least 4 members (excludes halogenated alkanes) is 5. The molecule has 0 aromatic heterocycles. The van der Waals surface area contributed by atoms with Crippen LogP contribution in [0.1, 0.15) is 106 Å². The molecule has 3 unspecified atom stereocenters. The van der Waals surface area contributed by atoms with Gasteiger partial charge in [0.1, 0.15) is 17.2 Å². The molecule has 1 fully saturated rings. The zero-order chi connectivity index (χ0) is 33.1. The van der Waals surface area contributed by atoms with Crippen LogP contribution in [0.4, 0.5) is 4.79 Å². The van der Waals surface area contributed by atoms with Gasteiger partial charge in [-0.2, -0.15) is 0 Å². The van der Waals surface area contributed by atoms with Crippen LogP contribution in [0.3, 0.4) is 0 Å². The number of nitrogens with one attached hydrogen (secondary N) is 3. The fraction of sp³-hybridized carbons (Fsp3) is 0.765. The quantitative estimate of drug-likeness (QED) is 0.0565. The lowest BCUT2D eigenvalue weighted by Crippen LogP contribution is -2.55. The molecule has 0 aromatic rings. The van der Waals surface area contributed by atoms with Crippen LogP contribution < -0.4 is 16.0 Å². The Morgan fingerprint density at radius 2 is 1.89 bits per heavy atom. The van der Waals surface area contributed by atoms with E-state index in [1.165, 1.54) is 32.1 Å². The number of aliphatic hydroxyl groups is 1. The van der Waals surface area contributed by atoms with Gasteiger partial charge in [0.2, 0.25) is 5.91 Å². The SMILES string of the molecule is C=C/C(=C\CC/C=C\C)S(=O)N(C)C[C@@H](NC(=O)NCC(=O)N1CCC[C@H]1C(O)NCC(C)CCCCCCC)C(C)(C)C. The number of carbonyl (C=O) groups excluding carboxylic acids is 2. The summed E-state index contributed by atoms with van der Waals surface area (Å²) in [4.78, 5) is 28.3. The largest absolute Gasteiger partial charge is 0.376 e. The Hall–Kier alpha value is -2.01. The molecule has 0 bridgehead atoms. The standard InChI is InChI=1S/C34H63N5O4S/c1-9-12-14-16-17-20-27(4)24-35-32(41)29-22-19-23-39(29)31(40)25-36-33(42)37-30(34(5,6)7)26-38(8)44(43)28(11-3)21-18-15-13-10-2/h10-11,13,21,27,29-30,32,35,41H,3,9,12,14-20,22-26H2,1-2,4-8H3,(H2,36,37,42)/b13-10-,28-21+/t27?,29-,30+,32?,44?/m0/s1. The highest BCUT2D eigenvalue weighted by molar-refractivity contribution is 7.86. The lowest BCUT2D eigenvalue weighted by molar-refractivity contribution is -0.133. The zero-order valence-corrected chi connectivity index (χ0v) is 29.5. The van der Waals surface area contributed by atoms with Crippen molar-refractivity contribution in [1.29, 1.82) is 0 Å². The molecule has 1 saturated heterocycles. The van der Waals surface area contributed by atoms with E-state index in [0.717, 1.165) is 32.1 Å². The number of hydrogen-bond donors (Lipinski definition) is 4. The summed E-state index contributed by atoms with van der Waals surface area (Å²) in [7, 11) is 0.348. The number of hydrogen-bond acceptors (Lipinski definition) is 5. The van der Waals surface area contributed by atoms with Crippen LogP contribution in [0.15, 0.2) is 35.8 Å². The maximum Gasteiger partial charge on any atom is 0.315 e. The molecule has 3 amide bonds. The van der Waals surface area contributed by atoms with Crippen molar-refractivity contribution in [2.45, 2.75) is 124 Å². The first-order chi connectivity index (χ1) is 20.8. The summed E-state index contributed by atoms with van der Waals surface area (Å²) in [6, 6.07) is -1.09. The smallest absolute Gasteiger partial charge is 0.315 e. The molecule has 0 spiro atoms. The van der Waals surface area contributed by atoms with Gasteiger partial charge >= 0.3 is 6.03 Å². The van der Waals surface area contributed by atoms with Crippen molar-refractivity contribution in [3.8, 4) is 0 Å². The molecule has 1 aliphatic heterocycles. The second kappa shape index (κ2) is 21.7. The highest BCUT2D eigenvalue weighted by Crippen LogP contribution is 2.22. The number of amides is 3. The van der Waals surface area contributed by atoms with Crippen LogP contribution in [-0.2, 0) is 15.8 Å². The Morgan fingerprint density at radius 1 is 1.18 bits per heavy atom. The third-order valence-corrected chi connectivity index (χ3v) is 9.70. The van der Waals surface area contributed by atoms with Gasteiger partial charge in [0.25, 0.3) is 0 Å². The number of likely N-dealkylation sites (N-methyl/N-ethyl adjacent to an activating group) is 1. The first-order valence-electron chi connectivity index (χ1n) is 16.7. The Labute approximate surface area is 271 Å².